The summed E-state index contributed by atoms with van der Waals surface area (Å²) in [6.45, 7) is 0.927. The predicted molar refractivity (Wildman–Crippen MR) is 71.6 cm³/mol. The predicted octanol–water partition coefficient (Wildman–Crippen LogP) is 1.23. The molecule has 19 heavy (non-hydrogen) atoms. The summed E-state index contributed by atoms with van der Waals surface area (Å²) >= 11 is 5.97. The van der Waals surface area contributed by atoms with E-state index in [0.717, 1.165) is 0 Å². The Balaban J connectivity index is 2.39. The Morgan fingerprint density at radius 3 is 2.74 bits per heavy atom. The number of ether oxygens (including phenoxy) is 3. The Bertz CT molecular complexity index is 372. The number of benzene rings is 1. The van der Waals surface area contributed by atoms with E-state index in [1.165, 1.54) is 0 Å². The van der Waals surface area contributed by atoms with Gasteiger partial charge in [-0.05, 0) is 6.07 Å². The summed E-state index contributed by atoms with van der Waals surface area (Å²) in [6.07, 6.45) is -0.764. The normalized spacial score (nSPS) is 12.4. The van der Waals surface area contributed by atoms with E-state index in [9.17, 15) is 5.11 Å². The van der Waals surface area contributed by atoms with Gasteiger partial charge >= 0.3 is 0 Å². The van der Waals surface area contributed by atoms with Gasteiger partial charge in [0.2, 0.25) is 0 Å². The summed E-state index contributed by atoms with van der Waals surface area (Å²) in [4.78, 5) is 0. The molecule has 5 nitrogen and oxygen atoms in total. The maximum Gasteiger partial charge on any atom is 0.143 e. The summed E-state index contributed by atoms with van der Waals surface area (Å²) < 4.78 is 15.4. The van der Waals surface area contributed by atoms with Crippen molar-refractivity contribution < 1.29 is 24.4 Å². The second kappa shape index (κ2) is 9.12. The molecular weight excluding hydrogens is 272 g/mol. The lowest BCUT2D eigenvalue weighted by Crippen LogP contribution is -2.24. The van der Waals surface area contributed by atoms with E-state index >= 15 is 0 Å². The number of methoxy groups -OCH3 is 1. The molecule has 1 aromatic carbocycles. The van der Waals surface area contributed by atoms with Crippen LogP contribution < -0.4 is 4.74 Å². The first-order chi connectivity index (χ1) is 9.19. The first kappa shape index (κ1) is 16.2. The third-order valence-corrected chi connectivity index (χ3v) is 2.68. The highest BCUT2D eigenvalue weighted by Crippen LogP contribution is 2.28. The van der Waals surface area contributed by atoms with Crippen LogP contribution >= 0.6 is 11.6 Å². The van der Waals surface area contributed by atoms with Gasteiger partial charge in [-0.25, -0.2) is 0 Å². The third-order valence-electron chi connectivity index (χ3n) is 2.38. The first-order valence-corrected chi connectivity index (χ1v) is 6.32. The van der Waals surface area contributed by atoms with Crippen molar-refractivity contribution in [3.05, 3.63) is 28.8 Å². The molecule has 0 fully saturated rings. The quantitative estimate of drug-likeness (QED) is 0.670. The molecule has 0 aliphatic rings. The summed E-state index contributed by atoms with van der Waals surface area (Å²) in [7, 11) is 1.58. The molecule has 0 spiro atoms. The van der Waals surface area contributed by atoms with Gasteiger partial charge in [-0.1, -0.05) is 23.7 Å². The number of aliphatic hydroxyl groups excluding tert-OH is 2. The molecule has 0 saturated carbocycles. The van der Waals surface area contributed by atoms with Gasteiger partial charge in [-0.15, -0.1) is 0 Å². The Morgan fingerprint density at radius 2 is 2.05 bits per heavy atom. The first-order valence-electron chi connectivity index (χ1n) is 5.94. The van der Waals surface area contributed by atoms with Gasteiger partial charge in [0, 0.05) is 12.7 Å². The lowest BCUT2D eigenvalue weighted by Gasteiger charge is -2.15. The fourth-order valence-electron chi connectivity index (χ4n) is 1.43. The highest BCUT2D eigenvalue weighted by molar-refractivity contribution is 6.32. The molecule has 6 heteroatoms. The SMILES string of the molecule is COCCOCC(O)COc1c(Cl)cccc1CO. The molecule has 2 N–H and O–H groups in total. The van der Waals surface area contributed by atoms with Crippen molar-refractivity contribution in [2.45, 2.75) is 12.7 Å². The zero-order valence-electron chi connectivity index (χ0n) is 10.8. The van der Waals surface area contributed by atoms with Crippen LogP contribution in [0.1, 0.15) is 5.56 Å². The Labute approximate surface area is 117 Å². The Kier molecular flexibility index (Phi) is 7.78. The standard InChI is InChI=1S/C13H19ClO5/c1-17-5-6-18-8-11(16)9-19-13-10(7-15)3-2-4-12(13)14/h2-4,11,15-16H,5-9H2,1H3. The van der Waals surface area contributed by atoms with Crippen molar-refractivity contribution in [1.29, 1.82) is 0 Å². The van der Waals surface area contributed by atoms with Crippen LogP contribution in [0.2, 0.25) is 5.02 Å². The third kappa shape index (κ3) is 5.76. The largest absolute Gasteiger partial charge is 0.489 e. The lowest BCUT2D eigenvalue weighted by atomic mass is 10.2. The monoisotopic (exact) mass is 290 g/mol. The highest BCUT2D eigenvalue weighted by atomic mass is 35.5. The van der Waals surface area contributed by atoms with E-state index in [1.807, 2.05) is 0 Å². The van der Waals surface area contributed by atoms with Gasteiger partial charge in [-0.2, -0.15) is 0 Å². The molecule has 1 rings (SSSR count). The number of hydrogen-bond donors (Lipinski definition) is 2. The minimum absolute atomic E-state index is 0.0454. The summed E-state index contributed by atoms with van der Waals surface area (Å²) in [6, 6.07) is 5.10. The van der Waals surface area contributed by atoms with Gasteiger partial charge in [-0.3, -0.25) is 0 Å². The topological polar surface area (TPSA) is 68.2 Å². The van der Waals surface area contributed by atoms with Crippen molar-refractivity contribution >= 4 is 11.6 Å². The molecule has 1 unspecified atom stereocenters. The van der Waals surface area contributed by atoms with Crippen LogP contribution in [-0.2, 0) is 16.1 Å². The van der Waals surface area contributed by atoms with Crippen LogP contribution in [0, 0.1) is 0 Å². The Morgan fingerprint density at radius 1 is 1.26 bits per heavy atom. The molecule has 0 saturated heterocycles. The van der Waals surface area contributed by atoms with E-state index in [2.05, 4.69) is 0 Å². The van der Waals surface area contributed by atoms with Crippen molar-refractivity contribution in [2.24, 2.45) is 0 Å². The molecule has 0 heterocycles. The minimum Gasteiger partial charge on any atom is -0.489 e. The van der Waals surface area contributed by atoms with Gasteiger partial charge in [0.05, 0.1) is 31.5 Å². The molecule has 0 aromatic heterocycles. The second-order valence-electron chi connectivity index (χ2n) is 3.92. The van der Waals surface area contributed by atoms with E-state index in [-0.39, 0.29) is 19.8 Å². The smallest absolute Gasteiger partial charge is 0.143 e. The van der Waals surface area contributed by atoms with E-state index < -0.39 is 6.10 Å². The van der Waals surface area contributed by atoms with Crippen molar-refractivity contribution in [2.75, 3.05) is 33.5 Å². The van der Waals surface area contributed by atoms with Crippen LogP contribution in [0.15, 0.2) is 18.2 Å². The van der Waals surface area contributed by atoms with Crippen LogP contribution in [-0.4, -0.2) is 49.9 Å². The van der Waals surface area contributed by atoms with Crippen LogP contribution in [0.4, 0.5) is 0 Å². The lowest BCUT2D eigenvalue weighted by molar-refractivity contribution is -0.00443. The molecule has 0 aliphatic carbocycles. The molecule has 0 aliphatic heterocycles. The number of rotatable bonds is 9. The van der Waals surface area contributed by atoms with Crippen LogP contribution in [0.25, 0.3) is 0 Å². The molecule has 0 amide bonds. The Hall–Kier alpha value is -0.850. The second-order valence-corrected chi connectivity index (χ2v) is 4.33. The number of hydrogen-bond acceptors (Lipinski definition) is 5. The fourth-order valence-corrected chi connectivity index (χ4v) is 1.68. The number of para-hydroxylation sites is 1. The van der Waals surface area contributed by atoms with Crippen molar-refractivity contribution in [3.63, 3.8) is 0 Å². The highest BCUT2D eigenvalue weighted by Gasteiger charge is 2.11. The van der Waals surface area contributed by atoms with Gasteiger partial charge in [0.25, 0.3) is 0 Å². The molecule has 1 aromatic rings. The summed E-state index contributed by atoms with van der Waals surface area (Å²) in [5, 5.41) is 19.2. The maximum absolute atomic E-state index is 9.67. The average molecular weight is 291 g/mol. The molecular formula is C13H19ClO5. The molecule has 0 bridgehead atoms. The minimum atomic E-state index is -0.764. The van der Waals surface area contributed by atoms with E-state index in [4.69, 9.17) is 30.9 Å². The maximum atomic E-state index is 9.67. The van der Waals surface area contributed by atoms with E-state index in [1.54, 1.807) is 25.3 Å². The van der Waals surface area contributed by atoms with Gasteiger partial charge in [0.15, 0.2) is 0 Å². The van der Waals surface area contributed by atoms with Crippen molar-refractivity contribution in [1.82, 2.24) is 0 Å². The molecule has 108 valence electrons. The molecule has 1 atom stereocenters. The number of halogens is 1. The van der Waals surface area contributed by atoms with Crippen LogP contribution in [0.3, 0.4) is 0 Å². The van der Waals surface area contributed by atoms with Crippen molar-refractivity contribution in [3.8, 4) is 5.75 Å². The van der Waals surface area contributed by atoms with Gasteiger partial charge < -0.3 is 24.4 Å². The van der Waals surface area contributed by atoms with E-state index in [0.29, 0.717) is 29.5 Å². The molecule has 0 radical (unpaired) electrons. The summed E-state index contributed by atoms with van der Waals surface area (Å²) in [5.41, 5.74) is 0.583. The van der Waals surface area contributed by atoms with Gasteiger partial charge in [0.1, 0.15) is 18.5 Å². The zero-order valence-corrected chi connectivity index (χ0v) is 11.6. The fraction of sp³-hybridized carbons (Fsp3) is 0.538. The number of aliphatic hydroxyl groups is 2. The summed E-state index contributed by atoms with van der Waals surface area (Å²) in [5.74, 6) is 0.391. The average Bonchev–Trinajstić information content (AvgIpc) is 2.42. The van der Waals surface area contributed by atoms with Crippen LogP contribution in [0.5, 0.6) is 5.75 Å². The zero-order chi connectivity index (χ0) is 14.1.